The molecule has 0 spiro atoms. The minimum Gasteiger partial charge on any atom is -0.369 e. The summed E-state index contributed by atoms with van der Waals surface area (Å²) in [6.45, 7) is 9.26. The maximum Gasteiger partial charge on any atom is 0.261 e. The van der Waals surface area contributed by atoms with Crippen molar-refractivity contribution in [1.82, 2.24) is 20.4 Å². The van der Waals surface area contributed by atoms with E-state index in [0.29, 0.717) is 35.3 Å². The second-order valence-electron chi connectivity index (χ2n) is 16.8. The van der Waals surface area contributed by atoms with Gasteiger partial charge in [-0.2, -0.15) is 10.5 Å². The smallest absolute Gasteiger partial charge is 0.261 e. The molecular formula is C46H62N6O4. The number of carbonyl (C=O) groups is 4. The molecule has 0 saturated heterocycles. The topological polar surface area (TPSA) is 146 Å². The summed E-state index contributed by atoms with van der Waals surface area (Å²) in [5.41, 5.74) is 1.95. The molecule has 2 aromatic carbocycles. The lowest BCUT2D eigenvalue weighted by atomic mass is 9.94. The molecule has 300 valence electrons. The Morgan fingerprint density at radius 2 is 0.714 bits per heavy atom. The Balaban J connectivity index is 1.02. The van der Waals surface area contributed by atoms with Crippen LogP contribution in [0.4, 0.5) is 0 Å². The fraction of sp³-hybridized carbons (Fsp3) is 0.565. The number of nitriles is 2. The second-order valence-corrected chi connectivity index (χ2v) is 16.8. The van der Waals surface area contributed by atoms with E-state index in [9.17, 15) is 29.7 Å². The van der Waals surface area contributed by atoms with Crippen molar-refractivity contribution in [2.45, 2.75) is 154 Å². The van der Waals surface area contributed by atoms with Crippen LogP contribution in [0.2, 0.25) is 0 Å². The van der Waals surface area contributed by atoms with Gasteiger partial charge in [-0.05, 0) is 77.6 Å². The van der Waals surface area contributed by atoms with E-state index in [1.54, 1.807) is 48.5 Å². The fourth-order valence-corrected chi connectivity index (χ4v) is 7.77. The number of rotatable bonds is 26. The molecular weight excluding hydrogens is 701 g/mol. The zero-order chi connectivity index (χ0) is 40.6. The Hall–Kier alpha value is -4.96. The fourth-order valence-electron chi connectivity index (χ4n) is 7.77. The Bertz CT molecular complexity index is 1600. The Morgan fingerprint density at radius 1 is 0.464 bits per heavy atom. The molecule has 10 nitrogen and oxygen atoms in total. The molecule has 4 rings (SSSR count). The molecule has 10 heteroatoms. The quantitative estimate of drug-likeness (QED) is 0.0547. The van der Waals surface area contributed by atoms with Crippen LogP contribution in [0.3, 0.4) is 0 Å². The third-order valence-corrected chi connectivity index (χ3v) is 11.0. The molecule has 2 aromatic rings. The van der Waals surface area contributed by atoms with Crippen molar-refractivity contribution >= 4 is 23.6 Å². The summed E-state index contributed by atoms with van der Waals surface area (Å²) >= 11 is 0. The highest BCUT2D eigenvalue weighted by molar-refractivity contribution is 6.22. The van der Waals surface area contributed by atoms with Crippen molar-refractivity contribution < 1.29 is 19.2 Å². The molecule has 0 unspecified atom stereocenters. The summed E-state index contributed by atoms with van der Waals surface area (Å²) in [5.74, 6) is -0.702. The van der Waals surface area contributed by atoms with E-state index >= 15 is 0 Å². The van der Waals surface area contributed by atoms with E-state index in [1.807, 2.05) is 0 Å². The van der Waals surface area contributed by atoms with Gasteiger partial charge in [-0.3, -0.25) is 29.0 Å². The van der Waals surface area contributed by atoms with Crippen molar-refractivity contribution in [3.05, 3.63) is 82.2 Å². The summed E-state index contributed by atoms with van der Waals surface area (Å²) in [5, 5.41) is 26.7. The molecule has 2 N–H and O–H groups in total. The first-order valence-electron chi connectivity index (χ1n) is 20.9. The molecule has 0 aliphatic carbocycles. The van der Waals surface area contributed by atoms with Crippen molar-refractivity contribution in [3.8, 4) is 12.1 Å². The molecule has 0 saturated carbocycles. The van der Waals surface area contributed by atoms with E-state index in [0.717, 1.165) is 116 Å². The van der Waals surface area contributed by atoms with Crippen LogP contribution < -0.4 is 10.6 Å². The van der Waals surface area contributed by atoms with Crippen LogP contribution in [0.1, 0.15) is 185 Å². The number of benzene rings is 2. The van der Waals surface area contributed by atoms with Crippen LogP contribution in [0.25, 0.3) is 0 Å². The van der Waals surface area contributed by atoms with Gasteiger partial charge in [0.25, 0.3) is 23.6 Å². The Kier molecular flexibility index (Phi) is 16.7. The number of fused-ring (bicyclic) bond motifs is 2. The summed E-state index contributed by atoms with van der Waals surface area (Å²) in [4.78, 5) is 52.8. The number of hydrogen-bond donors (Lipinski definition) is 2. The van der Waals surface area contributed by atoms with Gasteiger partial charge in [0.1, 0.15) is 23.5 Å². The standard InChI is InChI=1S/C46H62N6O4/c1-45(2,29-21-13-9-5-7-11-15-23-31-51-41(53)35-25-17-18-26-36(35)42(51)54)49-39(33-47)40(34-48)50-46(3,4)30-22-14-10-6-8-12-16-24-32-52-43(55)37-27-19-20-28-38(37)44(52)56/h17-20,25-28,49-50H,5-16,21-24,29-32H2,1-4H3/b40-39-. The van der Waals surface area contributed by atoms with Crippen LogP contribution >= 0.6 is 0 Å². The van der Waals surface area contributed by atoms with E-state index in [1.165, 1.54) is 9.80 Å². The molecule has 0 atom stereocenters. The van der Waals surface area contributed by atoms with Crippen LogP contribution in [0.5, 0.6) is 0 Å². The monoisotopic (exact) mass is 762 g/mol. The minimum atomic E-state index is -0.335. The molecule has 0 bridgehead atoms. The normalized spacial score (nSPS) is 14.4. The molecule has 4 amide bonds. The summed E-state index contributed by atoms with van der Waals surface area (Å²) in [6.07, 6.45) is 18.6. The van der Waals surface area contributed by atoms with Crippen molar-refractivity contribution in [2.75, 3.05) is 13.1 Å². The van der Waals surface area contributed by atoms with Gasteiger partial charge in [0.2, 0.25) is 0 Å². The SMILES string of the molecule is CC(C)(CCCCCCCCCCN1C(=O)c2ccccc2C1=O)N/C(C#N)=C(/C#N)NC(C)(C)CCCCCCCCCCN1C(=O)c2ccccc2C1=O. The lowest BCUT2D eigenvalue weighted by Gasteiger charge is -2.30. The lowest BCUT2D eigenvalue weighted by molar-refractivity contribution is 0.0636. The molecule has 2 aliphatic heterocycles. The maximum atomic E-state index is 12.5. The number of amides is 4. The van der Waals surface area contributed by atoms with Crippen molar-refractivity contribution in [1.29, 1.82) is 10.5 Å². The van der Waals surface area contributed by atoms with Crippen LogP contribution in [0, 0.1) is 22.7 Å². The lowest BCUT2D eigenvalue weighted by Crippen LogP contribution is -2.43. The average molecular weight is 763 g/mol. The molecule has 0 fully saturated rings. The number of carbonyl (C=O) groups excluding carboxylic acids is 4. The first kappa shape index (κ1) is 43.8. The zero-order valence-corrected chi connectivity index (χ0v) is 34.2. The molecule has 56 heavy (non-hydrogen) atoms. The third kappa shape index (κ3) is 12.5. The van der Waals surface area contributed by atoms with Gasteiger partial charge in [0.05, 0.1) is 22.3 Å². The van der Waals surface area contributed by atoms with Gasteiger partial charge in [-0.15, -0.1) is 0 Å². The predicted octanol–water partition coefficient (Wildman–Crippen LogP) is 9.60. The molecule has 2 heterocycles. The number of unbranched alkanes of at least 4 members (excludes halogenated alkanes) is 14. The van der Waals surface area contributed by atoms with Gasteiger partial charge >= 0.3 is 0 Å². The van der Waals surface area contributed by atoms with Gasteiger partial charge in [0.15, 0.2) is 0 Å². The van der Waals surface area contributed by atoms with Crippen LogP contribution in [0.15, 0.2) is 59.9 Å². The predicted molar refractivity (Wildman–Crippen MR) is 219 cm³/mol. The molecule has 0 aromatic heterocycles. The van der Waals surface area contributed by atoms with E-state index in [2.05, 4.69) is 50.5 Å². The Labute approximate surface area is 334 Å². The van der Waals surface area contributed by atoms with Crippen molar-refractivity contribution in [2.24, 2.45) is 0 Å². The summed E-state index contributed by atoms with van der Waals surface area (Å²) in [6, 6.07) is 18.5. The summed E-state index contributed by atoms with van der Waals surface area (Å²) < 4.78 is 0. The van der Waals surface area contributed by atoms with Gasteiger partial charge in [0, 0.05) is 24.2 Å². The third-order valence-electron chi connectivity index (χ3n) is 11.0. The highest BCUT2D eigenvalue weighted by Crippen LogP contribution is 2.25. The van der Waals surface area contributed by atoms with Crippen LogP contribution in [-0.2, 0) is 0 Å². The highest BCUT2D eigenvalue weighted by Gasteiger charge is 2.35. The van der Waals surface area contributed by atoms with Crippen molar-refractivity contribution in [3.63, 3.8) is 0 Å². The molecule has 0 radical (unpaired) electrons. The van der Waals surface area contributed by atoms with Crippen LogP contribution in [-0.4, -0.2) is 57.6 Å². The number of hydrogen-bond acceptors (Lipinski definition) is 8. The highest BCUT2D eigenvalue weighted by atomic mass is 16.2. The van der Waals surface area contributed by atoms with Gasteiger partial charge in [-0.1, -0.05) is 114 Å². The first-order valence-corrected chi connectivity index (χ1v) is 20.9. The number of imide groups is 2. The maximum absolute atomic E-state index is 12.5. The number of nitrogens with one attached hydrogen (secondary N) is 2. The Morgan fingerprint density at radius 3 is 0.982 bits per heavy atom. The molecule has 2 aliphatic rings. The first-order chi connectivity index (χ1) is 26.9. The van der Waals surface area contributed by atoms with Gasteiger partial charge in [-0.25, -0.2) is 0 Å². The van der Waals surface area contributed by atoms with E-state index in [4.69, 9.17) is 0 Å². The minimum absolute atomic E-state index is 0.176. The number of allylic oxidation sites excluding steroid dienone is 2. The zero-order valence-electron chi connectivity index (χ0n) is 34.2. The number of nitrogens with zero attached hydrogens (tertiary/aromatic N) is 4. The largest absolute Gasteiger partial charge is 0.369 e. The second kappa shape index (κ2) is 21.4. The summed E-state index contributed by atoms with van der Waals surface area (Å²) in [7, 11) is 0. The average Bonchev–Trinajstić information content (AvgIpc) is 3.57. The van der Waals surface area contributed by atoms with E-state index in [-0.39, 0.29) is 46.1 Å². The van der Waals surface area contributed by atoms with E-state index < -0.39 is 0 Å². The van der Waals surface area contributed by atoms with Gasteiger partial charge < -0.3 is 10.6 Å².